The molecule has 8 heteroatoms. The molecule has 128 valence electrons. The predicted octanol–water partition coefficient (Wildman–Crippen LogP) is 1.10. The Kier molecular flexibility index (Phi) is 6.56. The number of carbonyl (C=O) groups excluding carboxylic acids is 2. The summed E-state index contributed by atoms with van der Waals surface area (Å²) >= 11 is 0. The van der Waals surface area contributed by atoms with Crippen LogP contribution in [0, 0.1) is 0 Å². The van der Waals surface area contributed by atoms with Crippen molar-refractivity contribution < 1.29 is 32.8 Å². The smallest absolute Gasteiger partial charge is 0.460 e. The van der Waals surface area contributed by atoms with Gasteiger partial charge >= 0.3 is 17.8 Å². The van der Waals surface area contributed by atoms with Crippen LogP contribution < -0.4 is 10.6 Å². The molecule has 0 heterocycles. The van der Waals surface area contributed by atoms with E-state index in [1.165, 1.54) is 13.8 Å². The van der Waals surface area contributed by atoms with Gasteiger partial charge in [0.15, 0.2) is 0 Å². The van der Waals surface area contributed by atoms with E-state index in [4.69, 9.17) is 0 Å². The summed E-state index contributed by atoms with van der Waals surface area (Å²) in [5, 5.41) is 2.52. The molecule has 0 aromatic heterocycles. The van der Waals surface area contributed by atoms with Crippen molar-refractivity contribution in [1.29, 1.82) is 0 Å². The second-order valence-corrected chi connectivity index (χ2v) is 4.82. The minimum absolute atomic E-state index is 0.150. The van der Waals surface area contributed by atoms with Crippen LogP contribution >= 0.6 is 0 Å². The van der Waals surface area contributed by atoms with Crippen molar-refractivity contribution in [2.45, 2.75) is 38.7 Å². The maximum absolute atomic E-state index is 13.6. The number of carbonyl (C=O) groups is 2. The molecule has 0 fully saturated rings. The van der Waals surface area contributed by atoms with Gasteiger partial charge in [0.1, 0.15) is 6.54 Å². The average molecular weight is 333 g/mol. The molecule has 0 saturated carbocycles. The molecule has 0 radical (unpaired) electrons. The molecule has 1 aromatic carbocycles. The molecular formula is C15H20F3N2O3+. The largest absolute Gasteiger partial charge is 0.478 e. The molecule has 1 atom stereocenters. The van der Waals surface area contributed by atoms with Gasteiger partial charge in [0.05, 0.1) is 6.61 Å². The first-order valence-corrected chi connectivity index (χ1v) is 7.20. The first kappa shape index (κ1) is 19.0. The van der Waals surface area contributed by atoms with Gasteiger partial charge in [0.25, 0.3) is 0 Å². The number of nitrogens with two attached hydrogens (primary N) is 1. The van der Waals surface area contributed by atoms with Crippen LogP contribution in [-0.2, 0) is 20.9 Å². The van der Waals surface area contributed by atoms with E-state index in [9.17, 15) is 22.8 Å². The maximum atomic E-state index is 13.6. The topological polar surface area (TPSA) is 72.0 Å². The number of hydrogen-bond donors (Lipinski definition) is 2. The van der Waals surface area contributed by atoms with Crippen LogP contribution in [0.25, 0.3) is 0 Å². The molecular weight excluding hydrogens is 313 g/mol. The van der Waals surface area contributed by atoms with E-state index in [0.717, 1.165) is 5.32 Å². The highest BCUT2D eigenvalue weighted by Crippen LogP contribution is 2.27. The number of ether oxygens (including phenoxy) is 1. The van der Waals surface area contributed by atoms with Gasteiger partial charge in [-0.25, -0.2) is 4.79 Å². The van der Waals surface area contributed by atoms with Gasteiger partial charge in [-0.15, -0.1) is 0 Å². The highest BCUT2D eigenvalue weighted by molar-refractivity contribution is 5.87. The van der Waals surface area contributed by atoms with E-state index in [1.54, 1.807) is 35.6 Å². The molecule has 0 bridgehead atoms. The fraction of sp³-hybridized carbons (Fsp3) is 0.467. The van der Waals surface area contributed by atoms with Crippen LogP contribution in [0.4, 0.5) is 13.2 Å². The zero-order valence-electron chi connectivity index (χ0n) is 12.9. The Labute approximate surface area is 132 Å². The summed E-state index contributed by atoms with van der Waals surface area (Å²) in [5.74, 6) is -2.43. The molecule has 23 heavy (non-hydrogen) atoms. The van der Waals surface area contributed by atoms with Crippen molar-refractivity contribution in [3.63, 3.8) is 0 Å². The fourth-order valence-electron chi connectivity index (χ4n) is 1.93. The van der Waals surface area contributed by atoms with Gasteiger partial charge in [-0.2, -0.15) is 13.2 Å². The minimum Gasteiger partial charge on any atom is -0.460 e. The van der Waals surface area contributed by atoms with E-state index < -0.39 is 23.7 Å². The summed E-state index contributed by atoms with van der Waals surface area (Å²) in [7, 11) is 0. The molecule has 1 aromatic rings. The van der Waals surface area contributed by atoms with Crippen molar-refractivity contribution in [1.82, 2.24) is 5.32 Å². The first-order chi connectivity index (χ1) is 10.8. The second-order valence-electron chi connectivity index (χ2n) is 4.82. The fourth-order valence-corrected chi connectivity index (χ4v) is 1.93. The molecule has 1 rings (SSSR count). The third-order valence-electron chi connectivity index (χ3n) is 3.19. The van der Waals surface area contributed by atoms with E-state index in [2.05, 4.69) is 4.74 Å². The second kappa shape index (κ2) is 7.96. The standard InChI is InChI=1S/C15H19F3N2O3/c1-3-12(21)20-14(15(16,17)18,13(22)23-4-2)19-10-11-8-6-5-7-9-11/h5-9,19H,3-4,10H2,1-2H3,(H,20,21)/p+1/t14-/m0/s1. The Morgan fingerprint density at radius 2 is 1.78 bits per heavy atom. The minimum atomic E-state index is -5.02. The van der Waals surface area contributed by atoms with Crippen LogP contribution in [0.1, 0.15) is 25.8 Å². The molecule has 1 amide bonds. The molecule has 0 spiro atoms. The van der Waals surface area contributed by atoms with Crippen LogP contribution in [0.5, 0.6) is 0 Å². The lowest BCUT2D eigenvalue weighted by molar-refractivity contribution is -0.757. The summed E-state index contributed by atoms with van der Waals surface area (Å²) in [5.41, 5.74) is -2.58. The maximum Gasteiger partial charge on any atom is 0.478 e. The van der Waals surface area contributed by atoms with Gasteiger partial charge in [0.2, 0.25) is 5.91 Å². The van der Waals surface area contributed by atoms with Crippen LogP contribution in [0.15, 0.2) is 30.3 Å². The number of amides is 1. The number of hydrogen-bond acceptors (Lipinski definition) is 3. The Bertz CT molecular complexity index is 535. The highest BCUT2D eigenvalue weighted by Gasteiger charge is 2.67. The monoisotopic (exact) mass is 333 g/mol. The molecule has 0 aliphatic heterocycles. The van der Waals surface area contributed by atoms with Crippen molar-refractivity contribution >= 4 is 11.9 Å². The molecule has 0 aliphatic carbocycles. The van der Waals surface area contributed by atoms with E-state index in [1.807, 2.05) is 0 Å². The average Bonchev–Trinajstić information content (AvgIpc) is 2.51. The van der Waals surface area contributed by atoms with Crippen LogP contribution in [0.3, 0.4) is 0 Å². The Morgan fingerprint density at radius 1 is 1.17 bits per heavy atom. The van der Waals surface area contributed by atoms with Gasteiger partial charge in [-0.3, -0.25) is 10.1 Å². The Morgan fingerprint density at radius 3 is 2.26 bits per heavy atom. The Hall–Kier alpha value is -2.09. The summed E-state index contributed by atoms with van der Waals surface area (Å²) in [4.78, 5) is 23.6. The number of esters is 1. The molecule has 3 N–H and O–H groups in total. The van der Waals surface area contributed by atoms with Gasteiger partial charge in [-0.05, 0) is 6.92 Å². The van der Waals surface area contributed by atoms with Gasteiger partial charge < -0.3 is 10.1 Å². The zero-order valence-corrected chi connectivity index (χ0v) is 12.9. The summed E-state index contributed by atoms with van der Waals surface area (Å²) < 4.78 is 45.4. The van der Waals surface area contributed by atoms with E-state index >= 15 is 0 Å². The zero-order chi connectivity index (χ0) is 17.5. The van der Waals surface area contributed by atoms with Crippen molar-refractivity contribution in [3.8, 4) is 0 Å². The summed E-state index contributed by atoms with van der Waals surface area (Å²) in [6.07, 6.45) is -5.20. The molecule has 5 nitrogen and oxygen atoms in total. The number of quaternary nitrogens is 1. The number of nitrogens with one attached hydrogen (secondary N) is 1. The van der Waals surface area contributed by atoms with Crippen LogP contribution in [0.2, 0.25) is 0 Å². The summed E-state index contributed by atoms with van der Waals surface area (Å²) in [6.45, 7) is 2.43. The lowest BCUT2D eigenvalue weighted by Gasteiger charge is -2.31. The van der Waals surface area contributed by atoms with Crippen molar-refractivity contribution in [2.75, 3.05) is 6.61 Å². The predicted molar refractivity (Wildman–Crippen MR) is 75.9 cm³/mol. The number of benzene rings is 1. The number of halogens is 3. The number of alkyl halides is 3. The molecule has 0 unspecified atom stereocenters. The third kappa shape index (κ3) is 4.69. The van der Waals surface area contributed by atoms with E-state index in [0.29, 0.717) is 5.56 Å². The van der Waals surface area contributed by atoms with Crippen molar-refractivity contribution in [2.24, 2.45) is 0 Å². The van der Waals surface area contributed by atoms with E-state index in [-0.39, 0.29) is 19.6 Å². The lowest BCUT2D eigenvalue weighted by atomic mass is 10.1. The lowest BCUT2D eigenvalue weighted by Crippen LogP contribution is -3.06. The molecule has 0 saturated heterocycles. The number of rotatable bonds is 7. The highest BCUT2D eigenvalue weighted by atomic mass is 19.4. The molecule has 0 aliphatic rings. The first-order valence-electron chi connectivity index (χ1n) is 7.20. The van der Waals surface area contributed by atoms with Gasteiger partial charge in [0, 0.05) is 12.0 Å². The summed E-state index contributed by atoms with van der Waals surface area (Å²) in [6, 6.07) is 8.33. The SMILES string of the molecule is CCOC(=O)[C@@](NC(=O)CC)([NH2+]Cc1ccccc1)C(F)(F)F. The van der Waals surface area contributed by atoms with Gasteiger partial charge in [-0.1, -0.05) is 37.3 Å². The normalized spacial score (nSPS) is 14.0. The third-order valence-corrected chi connectivity index (χ3v) is 3.19. The van der Waals surface area contributed by atoms with Crippen LogP contribution in [-0.4, -0.2) is 30.3 Å². The quantitative estimate of drug-likeness (QED) is 0.580. The van der Waals surface area contributed by atoms with Crippen molar-refractivity contribution in [3.05, 3.63) is 35.9 Å². The Balaban J connectivity index is 3.14.